The van der Waals surface area contributed by atoms with Gasteiger partial charge in [-0.05, 0) is 42.8 Å². The maximum atomic E-state index is 5.54. The molecule has 0 atom stereocenters. The molecule has 2 aromatic carbocycles. The average Bonchev–Trinajstić information content (AvgIpc) is 2.85. The highest BCUT2D eigenvalue weighted by molar-refractivity contribution is 6.08. The summed E-state index contributed by atoms with van der Waals surface area (Å²) in [4.78, 5) is 0. The zero-order chi connectivity index (χ0) is 14.8. The molecule has 0 bridgehead atoms. The van der Waals surface area contributed by atoms with Crippen molar-refractivity contribution in [1.82, 2.24) is 4.57 Å². The number of unbranched alkanes of at least 4 members (excludes halogenated alkanes) is 1. The lowest BCUT2D eigenvalue weighted by Gasteiger charge is -2.06. The van der Waals surface area contributed by atoms with Crippen molar-refractivity contribution in [2.45, 2.75) is 26.3 Å². The standard InChI is InChI=1S/C20H17N/c1-4-7-12-21-19-10-8-15(5-2)13-17(19)18-14-16(6-3)9-11-20(18)21/h2-3,8-11,13-14H,4,7,12H2,1H3. The SMILES string of the molecule is C#Cc1ccc2c(c1)c1cc(C#C)ccc1n2CCCC. The summed E-state index contributed by atoms with van der Waals surface area (Å²) in [6, 6.07) is 12.4. The van der Waals surface area contributed by atoms with Crippen molar-refractivity contribution in [2.75, 3.05) is 0 Å². The molecule has 0 aliphatic rings. The Kier molecular flexibility index (Phi) is 3.43. The zero-order valence-electron chi connectivity index (χ0n) is 12.2. The molecule has 0 N–H and O–H groups in total. The molecule has 1 aromatic heterocycles. The van der Waals surface area contributed by atoms with E-state index >= 15 is 0 Å². The average molecular weight is 271 g/mol. The number of benzene rings is 2. The van der Waals surface area contributed by atoms with E-state index in [0.29, 0.717) is 0 Å². The number of hydrogen-bond donors (Lipinski definition) is 0. The van der Waals surface area contributed by atoms with Gasteiger partial charge in [-0.1, -0.05) is 25.2 Å². The molecule has 0 radical (unpaired) electrons. The van der Waals surface area contributed by atoms with Crippen LogP contribution in [0.4, 0.5) is 0 Å². The number of aryl methyl sites for hydroxylation is 1. The third-order valence-corrected chi connectivity index (χ3v) is 3.93. The molecule has 0 saturated carbocycles. The van der Waals surface area contributed by atoms with E-state index in [1.54, 1.807) is 0 Å². The number of rotatable bonds is 3. The summed E-state index contributed by atoms with van der Waals surface area (Å²) in [5, 5.41) is 2.38. The molecular formula is C20H17N. The highest BCUT2D eigenvalue weighted by Crippen LogP contribution is 2.30. The fourth-order valence-corrected chi connectivity index (χ4v) is 2.84. The first kappa shape index (κ1) is 13.3. The topological polar surface area (TPSA) is 4.93 Å². The molecule has 0 saturated heterocycles. The van der Waals surface area contributed by atoms with Crippen LogP contribution in [0.25, 0.3) is 21.8 Å². The Bertz CT molecular complexity index is 826. The van der Waals surface area contributed by atoms with Gasteiger partial charge in [0.2, 0.25) is 0 Å². The van der Waals surface area contributed by atoms with E-state index < -0.39 is 0 Å². The van der Waals surface area contributed by atoms with E-state index in [9.17, 15) is 0 Å². The summed E-state index contributed by atoms with van der Waals surface area (Å²) in [6.45, 7) is 3.22. The Hall–Kier alpha value is -2.64. The van der Waals surface area contributed by atoms with Crippen LogP contribution < -0.4 is 0 Å². The molecule has 21 heavy (non-hydrogen) atoms. The quantitative estimate of drug-likeness (QED) is 0.616. The highest BCUT2D eigenvalue weighted by Gasteiger charge is 2.11. The smallest absolute Gasteiger partial charge is 0.0492 e. The van der Waals surface area contributed by atoms with Crippen molar-refractivity contribution in [3.8, 4) is 24.7 Å². The molecule has 3 aromatic rings. The number of aromatic nitrogens is 1. The van der Waals surface area contributed by atoms with E-state index in [0.717, 1.165) is 24.1 Å². The molecule has 3 rings (SSSR count). The van der Waals surface area contributed by atoms with Gasteiger partial charge in [-0.25, -0.2) is 0 Å². The lowest BCUT2D eigenvalue weighted by molar-refractivity contribution is 0.665. The zero-order valence-corrected chi connectivity index (χ0v) is 12.2. The van der Waals surface area contributed by atoms with Crippen molar-refractivity contribution in [3.63, 3.8) is 0 Å². The van der Waals surface area contributed by atoms with Gasteiger partial charge in [-0.15, -0.1) is 12.8 Å². The lowest BCUT2D eigenvalue weighted by atomic mass is 10.1. The Morgan fingerprint density at radius 2 is 1.43 bits per heavy atom. The van der Waals surface area contributed by atoms with Gasteiger partial charge in [0.25, 0.3) is 0 Å². The van der Waals surface area contributed by atoms with Crippen LogP contribution in [0.2, 0.25) is 0 Å². The van der Waals surface area contributed by atoms with Gasteiger partial charge in [-0.3, -0.25) is 0 Å². The molecule has 1 heteroatoms. The van der Waals surface area contributed by atoms with E-state index in [1.165, 1.54) is 28.2 Å². The highest BCUT2D eigenvalue weighted by atomic mass is 15.0. The Morgan fingerprint density at radius 3 is 1.86 bits per heavy atom. The molecular weight excluding hydrogens is 254 g/mol. The Morgan fingerprint density at radius 1 is 0.905 bits per heavy atom. The molecule has 0 fully saturated rings. The third kappa shape index (κ3) is 2.18. The van der Waals surface area contributed by atoms with Gasteiger partial charge in [0.15, 0.2) is 0 Å². The van der Waals surface area contributed by atoms with Crippen LogP contribution in [0.15, 0.2) is 36.4 Å². The van der Waals surface area contributed by atoms with Gasteiger partial charge in [-0.2, -0.15) is 0 Å². The molecule has 0 aliphatic heterocycles. The Labute approximate surface area is 125 Å². The van der Waals surface area contributed by atoms with Crippen molar-refractivity contribution in [1.29, 1.82) is 0 Å². The molecule has 0 aliphatic carbocycles. The molecule has 0 unspecified atom stereocenters. The summed E-state index contributed by atoms with van der Waals surface area (Å²) in [7, 11) is 0. The van der Waals surface area contributed by atoms with Crippen molar-refractivity contribution in [3.05, 3.63) is 47.5 Å². The predicted octanol–water partition coefficient (Wildman–Crippen LogP) is 4.56. The summed E-state index contributed by atoms with van der Waals surface area (Å²) in [6.07, 6.45) is 13.4. The van der Waals surface area contributed by atoms with Gasteiger partial charge in [0.05, 0.1) is 0 Å². The van der Waals surface area contributed by atoms with Crippen LogP contribution >= 0.6 is 0 Å². The summed E-state index contributed by atoms with van der Waals surface area (Å²) in [5.41, 5.74) is 4.27. The monoisotopic (exact) mass is 271 g/mol. The molecule has 1 nitrogen and oxygen atoms in total. The normalized spacial score (nSPS) is 10.6. The van der Waals surface area contributed by atoms with Crippen molar-refractivity contribution < 1.29 is 0 Å². The lowest BCUT2D eigenvalue weighted by Crippen LogP contribution is -1.97. The van der Waals surface area contributed by atoms with Crippen LogP contribution in [-0.4, -0.2) is 4.57 Å². The van der Waals surface area contributed by atoms with Crippen LogP contribution in [0.3, 0.4) is 0 Å². The fourth-order valence-electron chi connectivity index (χ4n) is 2.84. The predicted molar refractivity (Wildman–Crippen MR) is 90.2 cm³/mol. The number of nitrogens with zero attached hydrogens (tertiary/aromatic N) is 1. The van der Waals surface area contributed by atoms with E-state index in [4.69, 9.17) is 12.8 Å². The van der Waals surface area contributed by atoms with Crippen LogP contribution in [0.5, 0.6) is 0 Å². The van der Waals surface area contributed by atoms with Crippen LogP contribution in [-0.2, 0) is 6.54 Å². The maximum absolute atomic E-state index is 5.54. The summed E-state index contributed by atoms with van der Waals surface area (Å²) >= 11 is 0. The third-order valence-electron chi connectivity index (χ3n) is 3.93. The minimum absolute atomic E-state index is 0.906. The first-order valence-electron chi connectivity index (χ1n) is 7.27. The second-order valence-electron chi connectivity index (χ2n) is 5.26. The summed E-state index contributed by atoms with van der Waals surface area (Å²) in [5.74, 6) is 5.43. The fraction of sp³-hybridized carbons (Fsp3) is 0.200. The molecule has 0 spiro atoms. The van der Waals surface area contributed by atoms with Crippen LogP contribution in [0.1, 0.15) is 30.9 Å². The first-order valence-corrected chi connectivity index (χ1v) is 7.27. The minimum Gasteiger partial charge on any atom is -0.340 e. The minimum atomic E-state index is 0.906. The maximum Gasteiger partial charge on any atom is 0.0492 e. The molecule has 102 valence electrons. The molecule has 1 heterocycles. The van der Waals surface area contributed by atoms with Crippen molar-refractivity contribution in [2.24, 2.45) is 0 Å². The van der Waals surface area contributed by atoms with Gasteiger partial charge in [0.1, 0.15) is 0 Å². The number of fused-ring (bicyclic) bond motifs is 3. The van der Waals surface area contributed by atoms with Gasteiger partial charge in [0, 0.05) is 39.5 Å². The number of hydrogen-bond acceptors (Lipinski definition) is 0. The largest absolute Gasteiger partial charge is 0.340 e. The first-order chi connectivity index (χ1) is 10.3. The van der Waals surface area contributed by atoms with E-state index in [2.05, 4.69) is 47.6 Å². The Balaban J connectivity index is 2.37. The summed E-state index contributed by atoms with van der Waals surface area (Å²) < 4.78 is 2.37. The number of terminal acetylenes is 2. The van der Waals surface area contributed by atoms with Crippen molar-refractivity contribution >= 4 is 21.8 Å². The van der Waals surface area contributed by atoms with Crippen LogP contribution in [0, 0.1) is 24.7 Å². The second-order valence-corrected chi connectivity index (χ2v) is 5.26. The van der Waals surface area contributed by atoms with Gasteiger partial charge < -0.3 is 4.57 Å². The van der Waals surface area contributed by atoms with E-state index in [1.807, 2.05) is 12.1 Å². The van der Waals surface area contributed by atoms with Gasteiger partial charge >= 0.3 is 0 Å². The second kappa shape index (κ2) is 5.39. The molecule has 0 amide bonds. The van der Waals surface area contributed by atoms with E-state index in [-0.39, 0.29) is 0 Å².